The summed E-state index contributed by atoms with van der Waals surface area (Å²) in [5.74, 6) is 1.53. The van der Waals surface area contributed by atoms with E-state index in [4.69, 9.17) is 19.4 Å². The predicted octanol–water partition coefficient (Wildman–Crippen LogP) is 4.29. The smallest absolute Gasteiger partial charge is 0.234 e. The summed E-state index contributed by atoms with van der Waals surface area (Å²) in [5, 5.41) is 3.70. The monoisotopic (exact) mass is 452 g/mol. The number of rotatable bonds is 6. The molecule has 168 valence electrons. The minimum atomic E-state index is -0.122. The number of benzene rings is 2. The largest absolute Gasteiger partial charge is 0.495 e. The van der Waals surface area contributed by atoms with Crippen molar-refractivity contribution in [2.75, 3.05) is 36.2 Å². The Morgan fingerprint density at radius 1 is 1.16 bits per heavy atom. The second-order valence-corrected chi connectivity index (χ2v) is 9.01. The third-order valence-electron chi connectivity index (χ3n) is 5.21. The highest BCUT2D eigenvalue weighted by Gasteiger charge is 2.26. The van der Waals surface area contributed by atoms with E-state index in [-0.39, 0.29) is 23.9 Å². The average Bonchev–Trinajstić information content (AvgIpc) is 2.76. The van der Waals surface area contributed by atoms with Crippen LogP contribution in [0.1, 0.15) is 19.4 Å². The average molecular weight is 453 g/mol. The first kappa shape index (κ1) is 22.4. The molecule has 0 bridgehead atoms. The molecular weight excluding hydrogens is 424 g/mol. The summed E-state index contributed by atoms with van der Waals surface area (Å²) in [6.45, 7) is 7.57. The summed E-state index contributed by atoms with van der Waals surface area (Å²) in [6.07, 6.45) is 0.198. The maximum Gasteiger partial charge on any atom is 0.234 e. The van der Waals surface area contributed by atoms with E-state index in [0.717, 1.165) is 40.5 Å². The van der Waals surface area contributed by atoms with Gasteiger partial charge in [-0.05, 0) is 50.6 Å². The molecule has 1 aliphatic heterocycles. The van der Waals surface area contributed by atoms with Gasteiger partial charge in [0.2, 0.25) is 5.91 Å². The Morgan fingerprint density at radius 3 is 2.53 bits per heavy atom. The number of carbonyl (C=O) groups is 1. The highest BCUT2D eigenvalue weighted by Crippen LogP contribution is 2.31. The second-order valence-electron chi connectivity index (χ2n) is 8.04. The lowest BCUT2D eigenvalue weighted by Crippen LogP contribution is -2.46. The highest BCUT2D eigenvalue weighted by atomic mass is 32.2. The molecule has 1 N–H and O–H groups in total. The van der Waals surface area contributed by atoms with E-state index in [1.807, 2.05) is 49.4 Å². The lowest BCUT2D eigenvalue weighted by Gasteiger charge is -2.36. The SMILES string of the molecule is COc1ccc(C)cc1NC(=O)CSc1nc2ccccc2nc1N1C[C@@H](C)O[C@@H](C)C1. The molecule has 32 heavy (non-hydrogen) atoms. The van der Waals surface area contributed by atoms with E-state index < -0.39 is 0 Å². The standard InChI is InChI=1S/C24H28N4O3S/c1-15-9-10-21(30-4)20(11-15)25-22(29)14-32-24-23(28-12-16(2)31-17(3)13-28)26-18-7-5-6-8-19(18)27-24/h5-11,16-17H,12-14H2,1-4H3,(H,25,29)/t16-,17+. The number of amides is 1. The summed E-state index contributed by atoms with van der Waals surface area (Å²) in [7, 11) is 1.59. The van der Waals surface area contributed by atoms with E-state index >= 15 is 0 Å². The molecule has 7 nitrogen and oxygen atoms in total. The number of morpholine rings is 1. The second kappa shape index (κ2) is 9.75. The van der Waals surface area contributed by atoms with E-state index in [0.29, 0.717) is 11.4 Å². The highest BCUT2D eigenvalue weighted by molar-refractivity contribution is 8.00. The number of ether oxygens (including phenoxy) is 2. The van der Waals surface area contributed by atoms with Crippen molar-refractivity contribution in [1.82, 2.24) is 9.97 Å². The molecule has 1 aliphatic rings. The van der Waals surface area contributed by atoms with Crippen molar-refractivity contribution >= 4 is 40.2 Å². The summed E-state index contributed by atoms with van der Waals surface area (Å²) in [5.41, 5.74) is 3.37. The van der Waals surface area contributed by atoms with Crippen LogP contribution in [0.4, 0.5) is 11.5 Å². The molecule has 0 radical (unpaired) electrons. The minimum Gasteiger partial charge on any atom is -0.495 e. The Morgan fingerprint density at radius 2 is 1.84 bits per heavy atom. The molecule has 0 saturated carbocycles. The zero-order chi connectivity index (χ0) is 22.7. The minimum absolute atomic E-state index is 0.0990. The Hall–Kier alpha value is -2.84. The zero-order valence-corrected chi connectivity index (χ0v) is 19.6. The van der Waals surface area contributed by atoms with E-state index in [1.54, 1.807) is 7.11 Å². The van der Waals surface area contributed by atoms with E-state index in [9.17, 15) is 4.79 Å². The Bertz CT molecular complexity index is 1110. The molecule has 2 heterocycles. The number of hydrogen-bond donors (Lipinski definition) is 1. The van der Waals surface area contributed by atoms with Gasteiger partial charge < -0.3 is 19.7 Å². The summed E-state index contributed by atoms with van der Waals surface area (Å²) in [6, 6.07) is 13.5. The lowest BCUT2D eigenvalue weighted by atomic mass is 10.2. The molecule has 1 fully saturated rings. The van der Waals surface area contributed by atoms with Gasteiger partial charge in [-0.3, -0.25) is 4.79 Å². The van der Waals surface area contributed by atoms with E-state index in [2.05, 4.69) is 24.1 Å². The molecule has 4 rings (SSSR count). The molecular formula is C24H28N4O3S. The van der Waals surface area contributed by atoms with Gasteiger partial charge in [0.15, 0.2) is 5.82 Å². The topological polar surface area (TPSA) is 76.6 Å². The first-order valence-electron chi connectivity index (χ1n) is 10.7. The number of aromatic nitrogens is 2. The normalized spacial score (nSPS) is 18.6. The van der Waals surface area contributed by atoms with Crippen LogP contribution in [0, 0.1) is 6.92 Å². The van der Waals surface area contributed by atoms with Crippen molar-refractivity contribution in [3.05, 3.63) is 48.0 Å². The molecule has 1 amide bonds. The van der Waals surface area contributed by atoms with Crippen molar-refractivity contribution in [1.29, 1.82) is 0 Å². The molecule has 8 heteroatoms. The number of anilines is 2. The number of nitrogens with zero attached hydrogens (tertiary/aromatic N) is 3. The van der Waals surface area contributed by atoms with Gasteiger partial charge in [-0.15, -0.1) is 0 Å². The molecule has 0 aliphatic carbocycles. The van der Waals surface area contributed by atoms with Crippen molar-refractivity contribution in [2.45, 2.75) is 38.0 Å². The lowest BCUT2D eigenvalue weighted by molar-refractivity contribution is -0.113. The Kier molecular flexibility index (Phi) is 6.81. The van der Waals surface area contributed by atoms with E-state index in [1.165, 1.54) is 11.8 Å². The van der Waals surface area contributed by atoms with Gasteiger partial charge in [0.05, 0.1) is 41.8 Å². The van der Waals surface area contributed by atoms with Gasteiger partial charge in [0.1, 0.15) is 10.8 Å². The van der Waals surface area contributed by atoms with Crippen LogP contribution in [-0.4, -0.2) is 54.0 Å². The maximum absolute atomic E-state index is 12.8. The van der Waals surface area contributed by atoms with Gasteiger partial charge >= 0.3 is 0 Å². The van der Waals surface area contributed by atoms with Crippen LogP contribution in [0.15, 0.2) is 47.5 Å². The third kappa shape index (κ3) is 5.14. The van der Waals surface area contributed by atoms with Crippen molar-refractivity contribution < 1.29 is 14.3 Å². The van der Waals surface area contributed by atoms with Gasteiger partial charge in [0, 0.05) is 13.1 Å². The van der Waals surface area contributed by atoms with Crippen LogP contribution in [0.2, 0.25) is 0 Å². The van der Waals surface area contributed by atoms with Crippen molar-refractivity contribution in [2.24, 2.45) is 0 Å². The fourth-order valence-corrected chi connectivity index (χ4v) is 4.67. The first-order chi connectivity index (χ1) is 15.4. The van der Waals surface area contributed by atoms with Crippen LogP contribution in [0.5, 0.6) is 5.75 Å². The molecule has 0 unspecified atom stereocenters. The van der Waals surface area contributed by atoms with Gasteiger partial charge in [-0.25, -0.2) is 9.97 Å². The molecule has 2 aromatic carbocycles. The van der Waals surface area contributed by atoms with Crippen LogP contribution in [-0.2, 0) is 9.53 Å². The number of para-hydroxylation sites is 2. The number of carbonyl (C=O) groups excluding carboxylic acids is 1. The predicted molar refractivity (Wildman–Crippen MR) is 129 cm³/mol. The summed E-state index contributed by atoms with van der Waals surface area (Å²) < 4.78 is 11.3. The molecule has 3 aromatic rings. The van der Waals surface area contributed by atoms with Gasteiger partial charge in [0.25, 0.3) is 0 Å². The summed E-state index contributed by atoms with van der Waals surface area (Å²) >= 11 is 1.39. The number of hydrogen-bond acceptors (Lipinski definition) is 7. The molecule has 1 saturated heterocycles. The Labute approximate surface area is 192 Å². The summed E-state index contributed by atoms with van der Waals surface area (Å²) in [4.78, 5) is 24.7. The fraction of sp³-hybridized carbons (Fsp3) is 0.375. The van der Waals surface area contributed by atoms with Crippen LogP contribution in [0.3, 0.4) is 0 Å². The van der Waals surface area contributed by atoms with Crippen LogP contribution < -0.4 is 15.0 Å². The van der Waals surface area contributed by atoms with Crippen LogP contribution in [0.25, 0.3) is 11.0 Å². The molecule has 0 spiro atoms. The molecule has 1 aromatic heterocycles. The third-order valence-corrected chi connectivity index (χ3v) is 6.16. The zero-order valence-electron chi connectivity index (χ0n) is 18.8. The fourth-order valence-electron chi connectivity index (χ4n) is 3.87. The number of fused-ring (bicyclic) bond motifs is 1. The van der Waals surface area contributed by atoms with Gasteiger partial charge in [-0.1, -0.05) is 30.0 Å². The number of thioether (sulfide) groups is 1. The number of aryl methyl sites for hydroxylation is 1. The first-order valence-corrected chi connectivity index (χ1v) is 11.7. The Balaban J connectivity index is 1.56. The van der Waals surface area contributed by atoms with Crippen molar-refractivity contribution in [3.63, 3.8) is 0 Å². The van der Waals surface area contributed by atoms with Crippen LogP contribution >= 0.6 is 11.8 Å². The number of nitrogens with one attached hydrogen (secondary N) is 1. The quantitative estimate of drug-likeness (QED) is 0.559. The number of methoxy groups -OCH3 is 1. The van der Waals surface area contributed by atoms with Crippen molar-refractivity contribution in [3.8, 4) is 5.75 Å². The molecule has 2 atom stereocenters. The van der Waals surface area contributed by atoms with Gasteiger partial charge in [-0.2, -0.15) is 0 Å². The maximum atomic E-state index is 12.8.